The van der Waals surface area contributed by atoms with Crippen LogP contribution in [-0.4, -0.2) is 39.2 Å². The molecule has 0 N–H and O–H groups in total. The molecule has 0 spiro atoms. The quantitative estimate of drug-likeness (QED) is 0.799. The second-order valence-corrected chi connectivity index (χ2v) is 5.62. The molecule has 0 aliphatic carbocycles. The molecule has 6 heteroatoms. The van der Waals surface area contributed by atoms with Gasteiger partial charge in [0, 0.05) is 29.7 Å². The Kier molecular flexibility index (Phi) is 5.93. The number of rotatable bonds is 6. The largest absolute Gasteiger partial charge is 0.496 e. The monoisotopic (exact) mass is 349 g/mol. The second-order valence-electron chi connectivity index (χ2n) is 5.19. The molecule has 0 radical (unpaired) electrons. The lowest BCUT2D eigenvalue weighted by atomic mass is 10.1. The van der Waals surface area contributed by atoms with Crippen molar-refractivity contribution in [1.82, 2.24) is 4.90 Å². The van der Waals surface area contributed by atoms with Gasteiger partial charge < -0.3 is 19.1 Å². The minimum atomic E-state index is -0.141. The fourth-order valence-corrected chi connectivity index (χ4v) is 2.58. The van der Waals surface area contributed by atoms with Crippen molar-refractivity contribution in [3.05, 3.63) is 52.5 Å². The van der Waals surface area contributed by atoms with E-state index in [1.165, 1.54) is 7.11 Å². The van der Waals surface area contributed by atoms with Crippen LogP contribution in [-0.2, 0) is 6.54 Å². The fraction of sp³-hybridized carbons (Fsp3) is 0.278. The van der Waals surface area contributed by atoms with E-state index in [-0.39, 0.29) is 5.91 Å². The number of carbonyl (C=O) groups excluding carboxylic acids is 1. The zero-order valence-electron chi connectivity index (χ0n) is 14.1. The van der Waals surface area contributed by atoms with Crippen LogP contribution in [0, 0.1) is 0 Å². The van der Waals surface area contributed by atoms with E-state index in [1.54, 1.807) is 62.6 Å². The highest BCUT2D eigenvalue weighted by atomic mass is 35.5. The summed E-state index contributed by atoms with van der Waals surface area (Å²) in [7, 11) is 6.39. The Labute approximate surface area is 146 Å². The third-order valence-electron chi connectivity index (χ3n) is 3.63. The molecule has 2 aromatic carbocycles. The van der Waals surface area contributed by atoms with E-state index < -0.39 is 0 Å². The Balaban J connectivity index is 2.22. The molecule has 128 valence electrons. The van der Waals surface area contributed by atoms with Crippen molar-refractivity contribution in [2.75, 3.05) is 28.4 Å². The van der Waals surface area contributed by atoms with Crippen molar-refractivity contribution in [3.63, 3.8) is 0 Å². The Morgan fingerprint density at radius 1 is 0.958 bits per heavy atom. The number of ether oxygens (including phenoxy) is 3. The van der Waals surface area contributed by atoms with E-state index in [0.29, 0.717) is 34.4 Å². The average Bonchev–Trinajstić information content (AvgIpc) is 2.60. The summed E-state index contributed by atoms with van der Waals surface area (Å²) in [5.41, 5.74) is 1.34. The Hall–Kier alpha value is -2.40. The Morgan fingerprint density at radius 2 is 1.58 bits per heavy atom. The number of hydrogen-bond donors (Lipinski definition) is 0. The third-order valence-corrected chi connectivity index (χ3v) is 3.86. The van der Waals surface area contributed by atoms with Gasteiger partial charge in [-0.05, 0) is 36.4 Å². The molecule has 2 rings (SSSR count). The van der Waals surface area contributed by atoms with Gasteiger partial charge in [-0.25, -0.2) is 0 Å². The van der Waals surface area contributed by atoms with Crippen molar-refractivity contribution in [1.29, 1.82) is 0 Å². The fourth-order valence-electron chi connectivity index (χ4n) is 2.39. The molecule has 0 fully saturated rings. The maximum atomic E-state index is 12.7. The van der Waals surface area contributed by atoms with Crippen molar-refractivity contribution in [3.8, 4) is 17.2 Å². The minimum absolute atomic E-state index is 0.141. The molecular formula is C18H20ClNO4. The van der Waals surface area contributed by atoms with Crippen molar-refractivity contribution in [2.24, 2.45) is 0 Å². The van der Waals surface area contributed by atoms with Crippen LogP contribution in [0.4, 0.5) is 0 Å². The lowest BCUT2D eigenvalue weighted by molar-refractivity contribution is 0.0784. The molecule has 0 bridgehead atoms. The van der Waals surface area contributed by atoms with Gasteiger partial charge in [0.25, 0.3) is 5.91 Å². The standard InChI is InChI=1S/C18H20ClNO4/c1-20(11-13-9-14(19)6-8-15(13)22-2)18(21)12-5-7-16(23-3)17(10-12)24-4/h5-10H,11H2,1-4H3. The van der Waals surface area contributed by atoms with Gasteiger partial charge >= 0.3 is 0 Å². The van der Waals surface area contributed by atoms with Crippen molar-refractivity contribution < 1.29 is 19.0 Å². The summed E-state index contributed by atoms with van der Waals surface area (Å²) < 4.78 is 15.8. The first-order valence-electron chi connectivity index (χ1n) is 7.30. The van der Waals surface area contributed by atoms with E-state index in [1.807, 2.05) is 0 Å². The number of halogens is 1. The molecule has 1 amide bonds. The summed E-state index contributed by atoms with van der Waals surface area (Å²) in [6, 6.07) is 10.4. The first kappa shape index (κ1) is 17.9. The van der Waals surface area contributed by atoms with Crippen LogP contribution in [0.15, 0.2) is 36.4 Å². The minimum Gasteiger partial charge on any atom is -0.496 e. The molecule has 0 aliphatic heterocycles. The molecule has 0 heterocycles. The molecule has 0 aromatic heterocycles. The molecule has 2 aromatic rings. The highest BCUT2D eigenvalue weighted by molar-refractivity contribution is 6.30. The van der Waals surface area contributed by atoms with Crippen LogP contribution in [0.25, 0.3) is 0 Å². The van der Waals surface area contributed by atoms with Gasteiger partial charge in [0.1, 0.15) is 5.75 Å². The van der Waals surface area contributed by atoms with Gasteiger partial charge in [0.2, 0.25) is 0 Å². The lowest BCUT2D eigenvalue weighted by Crippen LogP contribution is -2.26. The highest BCUT2D eigenvalue weighted by Crippen LogP contribution is 2.29. The average molecular weight is 350 g/mol. The third kappa shape index (κ3) is 3.92. The van der Waals surface area contributed by atoms with E-state index >= 15 is 0 Å². The molecule has 0 aliphatic rings. The van der Waals surface area contributed by atoms with Gasteiger partial charge in [-0.1, -0.05) is 11.6 Å². The normalized spacial score (nSPS) is 10.2. The zero-order chi connectivity index (χ0) is 17.7. The molecule has 5 nitrogen and oxygen atoms in total. The summed E-state index contributed by atoms with van der Waals surface area (Å²) in [6.07, 6.45) is 0. The highest BCUT2D eigenvalue weighted by Gasteiger charge is 2.16. The van der Waals surface area contributed by atoms with Gasteiger partial charge in [0.15, 0.2) is 11.5 Å². The smallest absolute Gasteiger partial charge is 0.254 e. The van der Waals surface area contributed by atoms with E-state index in [2.05, 4.69) is 0 Å². The van der Waals surface area contributed by atoms with Crippen molar-refractivity contribution >= 4 is 17.5 Å². The number of hydrogen-bond acceptors (Lipinski definition) is 4. The SMILES string of the molecule is COc1ccc(Cl)cc1CN(C)C(=O)c1ccc(OC)c(OC)c1. The van der Waals surface area contributed by atoms with Crippen LogP contribution in [0.3, 0.4) is 0 Å². The number of methoxy groups -OCH3 is 3. The number of nitrogens with zero attached hydrogens (tertiary/aromatic N) is 1. The first-order valence-corrected chi connectivity index (χ1v) is 7.67. The maximum Gasteiger partial charge on any atom is 0.254 e. The summed E-state index contributed by atoms with van der Waals surface area (Å²) in [4.78, 5) is 14.2. The van der Waals surface area contributed by atoms with E-state index in [9.17, 15) is 4.79 Å². The molecular weight excluding hydrogens is 330 g/mol. The van der Waals surface area contributed by atoms with Crippen LogP contribution < -0.4 is 14.2 Å². The predicted octanol–water partition coefficient (Wildman–Crippen LogP) is 3.64. The van der Waals surface area contributed by atoms with Crippen LogP contribution in [0.5, 0.6) is 17.2 Å². The maximum absolute atomic E-state index is 12.7. The van der Waals surface area contributed by atoms with Gasteiger partial charge in [-0.2, -0.15) is 0 Å². The van der Waals surface area contributed by atoms with E-state index in [0.717, 1.165) is 5.56 Å². The van der Waals surface area contributed by atoms with Gasteiger partial charge in [0.05, 0.1) is 21.3 Å². The number of carbonyl (C=O) groups is 1. The lowest BCUT2D eigenvalue weighted by Gasteiger charge is -2.20. The van der Waals surface area contributed by atoms with Crippen molar-refractivity contribution in [2.45, 2.75) is 6.54 Å². The number of benzene rings is 2. The molecule has 24 heavy (non-hydrogen) atoms. The summed E-state index contributed by atoms with van der Waals surface area (Å²) in [5.74, 6) is 1.63. The van der Waals surface area contributed by atoms with Gasteiger partial charge in [-0.15, -0.1) is 0 Å². The molecule has 0 atom stereocenters. The Bertz CT molecular complexity index is 733. The molecule has 0 unspecified atom stereocenters. The zero-order valence-corrected chi connectivity index (χ0v) is 14.9. The van der Waals surface area contributed by atoms with E-state index in [4.69, 9.17) is 25.8 Å². The topological polar surface area (TPSA) is 48.0 Å². The summed E-state index contributed by atoms with van der Waals surface area (Å²) in [5, 5.41) is 0.595. The molecule has 0 saturated carbocycles. The van der Waals surface area contributed by atoms with Crippen LogP contribution in [0.2, 0.25) is 5.02 Å². The first-order chi connectivity index (χ1) is 11.5. The molecule has 0 saturated heterocycles. The number of amides is 1. The van der Waals surface area contributed by atoms with Gasteiger partial charge in [-0.3, -0.25) is 4.79 Å². The van der Waals surface area contributed by atoms with Crippen LogP contribution >= 0.6 is 11.6 Å². The summed E-state index contributed by atoms with van der Waals surface area (Å²) >= 11 is 6.04. The second kappa shape index (κ2) is 7.93. The van der Waals surface area contributed by atoms with Crippen LogP contribution in [0.1, 0.15) is 15.9 Å². The summed E-state index contributed by atoms with van der Waals surface area (Å²) in [6.45, 7) is 0.372. The Morgan fingerprint density at radius 3 is 2.21 bits per heavy atom. The predicted molar refractivity (Wildman–Crippen MR) is 93.3 cm³/mol.